The summed E-state index contributed by atoms with van der Waals surface area (Å²) in [5.41, 5.74) is 1.62. The highest BCUT2D eigenvalue weighted by Gasteiger charge is 2.34. The number of thiophene rings is 1. The molecule has 0 fully saturated rings. The molecule has 124 valence electrons. The molecule has 1 aromatic carbocycles. The molecule has 6 nitrogen and oxygen atoms in total. The van der Waals surface area contributed by atoms with E-state index in [0.717, 1.165) is 10.4 Å². The van der Waals surface area contributed by atoms with Gasteiger partial charge in [0.2, 0.25) is 0 Å². The third-order valence-corrected chi connectivity index (χ3v) is 5.75. The Morgan fingerprint density at radius 3 is 3.00 bits per heavy atom. The van der Waals surface area contributed by atoms with E-state index < -0.39 is 11.9 Å². The van der Waals surface area contributed by atoms with Crippen molar-refractivity contribution in [1.29, 1.82) is 5.26 Å². The Kier molecular flexibility index (Phi) is 3.62. The summed E-state index contributed by atoms with van der Waals surface area (Å²) < 4.78 is 1.45. The van der Waals surface area contributed by atoms with E-state index in [4.69, 9.17) is 0 Å². The van der Waals surface area contributed by atoms with Crippen LogP contribution in [0, 0.1) is 11.3 Å². The van der Waals surface area contributed by atoms with E-state index in [1.165, 1.54) is 22.2 Å². The number of fused-ring (bicyclic) bond motifs is 3. The molecule has 0 saturated carbocycles. The van der Waals surface area contributed by atoms with Crippen LogP contribution in [0.1, 0.15) is 33.9 Å². The van der Waals surface area contributed by atoms with Gasteiger partial charge in [-0.05, 0) is 30.0 Å². The van der Waals surface area contributed by atoms with Crippen LogP contribution in [0.5, 0.6) is 0 Å². The van der Waals surface area contributed by atoms with Crippen LogP contribution in [0.2, 0.25) is 0 Å². The number of hydrogen-bond donors (Lipinski definition) is 1. The number of aromatic nitrogens is 2. The van der Waals surface area contributed by atoms with E-state index in [0.29, 0.717) is 34.2 Å². The van der Waals surface area contributed by atoms with Crippen molar-refractivity contribution < 1.29 is 9.90 Å². The lowest BCUT2D eigenvalue weighted by Gasteiger charge is -2.09. The number of carboxylic acids is 1. The van der Waals surface area contributed by atoms with Gasteiger partial charge in [-0.15, -0.1) is 11.3 Å². The van der Waals surface area contributed by atoms with Gasteiger partial charge in [-0.3, -0.25) is 14.2 Å². The Morgan fingerprint density at radius 1 is 1.44 bits per heavy atom. The standard InChI is InChI=1S/C18H13N3O3S/c19-7-10-3-1-2-4-11(10)8-21-9-20-16-15(17(21)22)14-12(18(23)24)5-6-13(14)25-16/h1-4,9,12H,5-6,8H2,(H,23,24). The SMILES string of the molecule is N#Cc1ccccc1Cn1cnc2sc3c(c2c1=O)C(C(=O)O)CC3. The molecule has 0 saturated heterocycles. The molecule has 0 amide bonds. The van der Waals surface area contributed by atoms with Crippen molar-refractivity contribution in [3.05, 3.63) is 62.5 Å². The maximum atomic E-state index is 13.0. The first-order chi connectivity index (χ1) is 12.1. The molecule has 1 N–H and O–H groups in total. The van der Waals surface area contributed by atoms with Gasteiger partial charge in [0.25, 0.3) is 5.56 Å². The summed E-state index contributed by atoms with van der Waals surface area (Å²) in [6.45, 7) is 0.230. The number of benzene rings is 1. The number of nitriles is 1. The second kappa shape index (κ2) is 5.83. The van der Waals surface area contributed by atoms with E-state index in [9.17, 15) is 20.0 Å². The smallest absolute Gasteiger partial charge is 0.311 e. The van der Waals surface area contributed by atoms with Crippen LogP contribution in [0.3, 0.4) is 0 Å². The van der Waals surface area contributed by atoms with Gasteiger partial charge in [-0.25, -0.2) is 4.98 Å². The number of aryl methyl sites for hydroxylation is 1. The zero-order chi connectivity index (χ0) is 17.6. The first-order valence-corrected chi connectivity index (χ1v) is 8.63. The normalized spacial score (nSPS) is 15.9. The minimum absolute atomic E-state index is 0.230. The van der Waals surface area contributed by atoms with E-state index in [1.54, 1.807) is 18.2 Å². The molecule has 1 aliphatic carbocycles. The summed E-state index contributed by atoms with van der Waals surface area (Å²) in [5, 5.41) is 19.1. The van der Waals surface area contributed by atoms with Crippen LogP contribution < -0.4 is 5.56 Å². The van der Waals surface area contributed by atoms with Gasteiger partial charge in [-0.1, -0.05) is 18.2 Å². The maximum Gasteiger partial charge on any atom is 0.311 e. The van der Waals surface area contributed by atoms with Crippen LogP contribution in [0.25, 0.3) is 10.2 Å². The summed E-state index contributed by atoms with van der Waals surface area (Å²) in [5.74, 6) is -1.54. The van der Waals surface area contributed by atoms with Gasteiger partial charge in [0.15, 0.2) is 0 Å². The fourth-order valence-electron chi connectivity index (χ4n) is 3.38. The molecule has 3 aromatic rings. The van der Waals surface area contributed by atoms with Crippen molar-refractivity contribution in [2.75, 3.05) is 0 Å². The van der Waals surface area contributed by atoms with Crippen LogP contribution in [0.4, 0.5) is 0 Å². The van der Waals surface area contributed by atoms with Gasteiger partial charge in [-0.2, -0.15) is 5.26 Å². The van der Waals surface area contributed by atoms with Crippen molar-refractivity contribution in [2.45, 2.75) is 25.3 Å². The Hall–Kier alpha value is -2.98. The second-order valence-corrected chi connectivity index (χ2v) is 7.08. The third kappa shape index (κ3) is 2.42. The lowest BCUT2D eigenvalue weighted by atomic mass is 10.0. The summed E-state index contributed by atoms with van der Waals surface area (Å²) in [7, 11) is 0. The lowest BCUT2D eigenvalue weighted by Crippen LogP contribution is -2.22. The molecule has 0 bridgehead atoms. The maximum absolute atomic E-state index is 13.0. The topological polar surface area (TPSA) is 96.0 Å². The molecular formula is C18H13N3O3S. The average Bonchev–Trinajstić information content (AvgIpc) is 3.16. The predicted octanol–water partition coefficient (Wildman–Crippen LogP) is 2.49. The molecule has 7 heteroatoms. The highest BCUT2D eigenvalue weighted by atomic mass is 32.1. The summed E-state index contributed by atoms with van der Waals surface area (Å²) >= 11 is 1.40. The fourth-order valence-corrected chi connectivity index (χ4v) is 4.58. The molecule has 0 radical (unpaired) electrons. The Bertz CT molecular complexity index is 1110. The zero-order valence-corrected chi connectivity index (χ0v) is 13.9. The first kappa shape index (κ1) is 15.5. The number of rotatable bonds is 3. The first-order valence-electron chi connectivity index (χ1n) is 7.81. The summed E-state index contributed by atoms with van der Waals surface area (Å²) in [4.78, 5) is 30.4. The van der Waals surface area contributed by atoms with Crippen molar-refractivity contribution in [3.8, 4) is 6.07 Å². The number of aliphatic carboxylic acids is 1. The molecule has 1 atom stereocenters. The van der Waals surface area contributed by atoms with Gasteiger partial charge >= 0.3 is 5.97 Å². The molecule has 0 spiro atoms. The highest BCUT2D eigenvalue weighted by molar-refractivity contribution is 7.18. The summed E-state index contributed by atoms with van der Waals surface area (Å²) in [6, 6.07) is 9.21. The monoisotopic (exact) mass is 351 g/mol. The Balaban J connectivity index is 1.87. The zero-order valence-electron chi connectivity index (χ0n) is 13.1. The Labute approximate surface area is 146 Å². The van der Waals surface area contributed by atoms with Gasteiger partial charge in [0.1, 0.15) is 4.83 Å². The van der Waals surface area contributed by atoms with Crippen LogP contribution >= 0.6 is 11.3 Å². The molecule has 2 aromatic heterocycles. The fraction of sp³-hybridized carbons (Fsp3) is 0.222. The predicted molar refractivity (Wildman–Crippen MR) is 92.8 cm³/mol. The minimum atomic E-state index is -0.900. The molecule has 0 aliphatic heterocycles. The number of hydrogen-bond acceptors (Lipinski definition) is 5. The van der Waals surface area contributed by atoms with E-state index in [1.807, 2.05) is 6.07 Å². The van der Waals surface area contributed by atoms with Crippen molar-refractivity contribution in [2.24, 2.45) is 0 Å². The van der Waals surface area contributed by atoms with Crippen molar-refractivity contribution >= 4 is 27.5 Å². The molecular weight excluding hydrogens is 338 g/mol. The number of nitrogens with zero attached hydrogens (tertiary/aromatic N) is 3. The molecule has 1 aliphatic rings. The summed E-state index contributed by atoms with van der Waals surface area (Å²) in [6.07, 6.45) is 2.67. The lowest BCUT2D eigenvalue weighted by molar-refractivity contribution is -0.138. The third-order valence-electron chi connectivity index (χ3n) is 4.58. The van der Waals surface area contributed by atoms with Gasteiger partial charge < -0.3 is 5.11 Å². The Morgan fingerprint density at radius 2 is 2.24 bits per heavy atom. The second-order valence-electron chi connectivity index (χ2n) is 6.00. The minimum Gasteiger partial charge on any atom is -0.481 e. The van der Waals surface area contributed by atoms with Crippen LogP contribution in [-0.4, -0.2) is 20.6 Å². The van der Waals surface area contributed by atoms with Gasteiger partial charge in [0.05, 0.1) is 35.8 Å². The highest BCUT2D eigenvalue weighted by Crippen LogP contribution is 2.42. The molecule has 25 heavy (non-hydrogen) atoms. The quantitative estimate of drug-likeness (QED) is 0.782. The van der Waals surface area contributed by atoms with Crippen molar-refractivity contribution in [3.63, 3.8) is 0 Å². The molecule has 4 rings (SSSR count). The van der Waals surface area contributed by atoms with Crippen molar-refractivity contribution in [1.82, 2.24) is 9.55 Å². The van der Waals surface area contributed by atoms with Crippen LogP contribution in [0.15, 0.2) is 35.4 Å². The average molecular weight is 351 g/mol. The van der Waals surface area contributed by atoms with Gasteiger partial charge in [0, 0.05) is 4.88 Å². The molecule has 1 unspecified atom stereocenters. The number of carboxylic acid groups (broad SMARTS) is 1. The van der Waals surface area contributed by atoms with E-state index in [2.05, 4.69) is 11.1 Å². The van der Waals surface area contributed by atoms with E-state index >= 15 is 0 Å². The van der Waals surface area contributed by atoms with Crippen LogP contribution in [-0.2, 0) is 17.8 Å². The largest absolute Gasteiger partial charge is 0.481 e. The number of carbonyl (C=O) groups is 1. The van der Waals surface area contributed by atoms with E-state index in [-0.39, 0.29) is 12.1 Å². The molecule has 2 heterocycles.